The molecule has 3 rings (SSSR count). The Morgan fingerprint density at radius 1 is 0.867 bits per heavy atom. The van der Waals surface area contributed by atoms with Gasteiger partial charge in [0.25, 0.3) is 0 Å². The van der Waals surface area contributed by atoms with E-state index in [-0.39, 0.29) is 5.02 Å². The highest BCUT2D eigenvalue weighted by Crippen LogP contribution is 2.35. The summed E-state index contributed by atoms with van der Waals surface area (Å²) >= 11 is 5.94. The first-order valence-electron chi connectivity index (χ1n) is 8.84. The summed E-state index contributed by atoms with van der Waals surface area (Å²) in [6.07, 6.45) is -4.71. The minimum Gasteiger partial charge on any atom is -0.322 e. The smallest absolute Gasteiger partial charge is 0.322 e. The normalized spacial score (nSPS) is 14.3. The summed E-state index contributed by atoms with van der Waals surface area (Å²) < 4.78 is 67.8. The topological polar surface area (TPSA) is 72.2 Å². The molecule has 158 valence electrons. The van der Waals surface area contributed by atoms with Crippen molar-refractivity contribution < 1.29 is 21.6 Å². The second-order valence-electron chi connectivity index (χ2n) is 6.59. The van der Waals surface area contributed by atoms with Crippen LogP contribution in [0.1, 0.15) is 28.8 Å². The van der Waals surface area contributed by atoms with Gasteiger partial charge in [-0.25, -0.2) is 13.1 Å². The number of sulfonamides is 1. The number of benzene rings is 3. The van der Waals surface area contributed by atoms with Gasteiger partial charge in [0.1, 0.15) is 4.90 Å². The molecule has 0 saturated heterocycles. The van der Waals surface area contributed by atoms with Crippen molar-refractivity contribution >= 4 is 21.6 Å². The molecule has 4 nitrogen and oxygen atoms in total. The minimum absolute atomic E-state index is 0.324. The van der Waals surface area contributed by atoms with Crippen molar-refractivity contribution in [2.24, 2.45) is 5.73 Å². The number of rotatable bonds is 6. The van der Waals surface area contributed by atoms with E-state index in [2.05, 4.69) is 4.72 Å². The van der Waals surface area contributed by atoms with Gasteiger partial charge in [-0.3, -0.25) is 0 Å². The average molecular weight is 455 g/mol. The van der Waals surface area contributed by atoms with Crippen LogP contribution in [-0.4, -0.2) is 8.42 Å². The quantitative estimate of drug-likeness (QED) is 0.545. The molecule has 0 heterocycles. The van der Waals surface area contributed by atoms with Crippen molar-refractivity contribution in [2.75, 3.05) is 0 Å². The molecule has 0 saturated carbocycles. The summed E-state index contributed by atoms with van der Waals surface area (Å²) in [5.41, 5.74) is 6.45. The van der Waals surface area contributed by atoms with E-state index in [1.165, 1.54) is 0 Å². The highest BCUT2D eigenvalue weighted by Gasteiger charge is 2.34. The standard InChI is InChI=1S/C21H18ClF3N2O2S/c22-17-12-11-16(21(23,24)25)13-18(17)30(28,29)27-20(15-9-5-2-6-10-15)19(26)14-7-3-1-4-8-14/h1-13,19-20,27H,26H2/t19-,20+/m1/s1. The van der Waals surface area contributed by atoms with E-state index < -0.39 is 38.7 Å². The first-order valence-corrected chi connectivity index (χ1v) is 10.7. The lowest BCUT2D eigenvalue weighted by Gasteiger charge is -2.26. The monoisotopic (exact) mass is 454 g/mol. The molecule has 0 fully saturated rings. The maximum atomic E-state index is 13.1. The Morgan fingerprint density at radius 2 is 1.40 bits per heavy atom. The van der Waals surface area contributed by atoms with Crippen molar-refractivity contribution in [1.29, 1.82) is 0 Å². The third-order valence-corrected chi connectivity index (χ3v) is 6.46. The zero-order valence-corrected chi connectivity index (χ0v) is 17.0. The van der Waals surface area contributed by atoms with E-state index >= 15 is 0 Å². The Kier molecular flexibility index (Phi) is 6.52. The first kappa shape index (κ1) is 22.3. The van der Waals surface area contributed by atoms with Gasteiger partial charge in [-0.15, -0.1) is 0 Å². The van der Waals surface area contributed by atoms with Crippen LogP contribution in [0, 0.1) is 0 Å². The first-order chi connectivity index (χ1) is 14.1. The molecule has 0 aromatic heterocycles. The van der Waals surface area contributed by atoms with Crippen LogP contribution < -0.4 is 10.5 Å². The van der Waals surface area contributed by atoms with E-state index in [1.54, 1.807) is 60.7 Å². The fraction of sp³-hybridized carbons (Fsp3) is 0.143. The van der Waals surface area contributed by atoms with Crippen LogP contribution in [0.3, 0.4) is 0 Å². The number of hydrogen-bond acceptors (Lipinski definition) is 3. The van der Waals surface area contributed by atoms with Gasteiger partial charge in [0.15, 0.2) is 0 Å². The number of halogens is 4. The summed E-state index contributed by atoms with van der Waals surface area (Å²) in [7, 11) is -4.44. The number of hydrogen-bond donors (Lipinski definition) is 2. The molecule has 3 aromatic carbocycles. The van der Waals surface area contributed by atoms with Crippen LogP contribution in [0.25, 0.3) is 0 Å². The lowest BCUT2D eigenvalue weighted by Crippen LogP contribution is -2.36. The van der Waals surface area contributed by atoms with Crippen molar-refractivity contribution in [3.8, 4) is 0 Å². The van der Waals surface area contributed by atoms with E-state index in [0.29, 0.717) is 17.2 Å². The number of nitrogens with one attached hydrogen (secondary N) is 1. The SMILES string of the molecule is N[C@H](c1ccccc1)[C@@H](NS(=O)(=O)c1cc(C(F)(F)F)ccc1Cl)c1ccccc1. The molecule has 0 aliphatic heterocycles. The zero-order chi connectivity index (χ0) is 21.9. The maximum Gasteiger partial charge on any atom is 0.416 e. The molecule has 3 N–H and O–H groups in total. The van der Waals surface area contributed by atoms with E-state index in [4.69, 9.17) is 17.3 Å². The fourth-order valence-electron chi connectivity index (χ4n) is 2.99. The highest BCUT2D eigenvalue weighted by atomic mass is 35.5. The van der Waals surface area contributed by atoms with Crippen LogP contribution in [0.4, 0.5) is 13.2 Å². The Morgan fingerprint density at radius 3 is 1.93 bits per heavy atom. The lowest BCUT2D eigenvalue weighted by molar-refractivity contribution is -0.137. The molecule has 0 unspecified atom stereocenters. The fourth-order valence-corrected chi connectivity index (χ4v) is 4.77. The van der Waals surface area contributed by atoms with Gasteiger partial charge in [-0.2, -0.15) is 13.2 Å². The van der Waals surface area contributed by atoms with Crippen LogP contribution in [-0.2, 0) is 16.2 Å². The van der Waals surface area contributed by atoms with Crippen LogP contribution >= 0.6 is 11.6 Å². The van der Waals surface area contributed by atoms with E-state index in [1.807, 2.05) is 0 Å². The number of alkyl halides is 3. The Bertz CT molecular complexity index is 1110. The van der Waals surface area contributed by atoms with Crippen molar-refractivity contribution in [3.05, 3.63) is 101 Å². The summed E-state index contributed by atoms with van der Waals surface area (Å²) in [4.78, 5) is -0.666. The van der Waals surface area contributed by atoms with Crippen LogP contribution in [0.2, 0.25) is 5.02 Å². The molecule has 2 atom stereocenters. The van der Waals surface area contributed by atoms with Gasteiger partial charge in [0.2, 0.25) is 10.0 Å². The van der Waals surface area contributed by atoms with Crippen LogP contribution in [0.15, 0.2) is 83.8 Å². The van der Waals surface area contributed by atoms with Crippen molar-refractivity contribution in [2.45, 2.75) is 23.2 Å². The molecule has 0 amide bonds. The lowest BCUT2D eigenvalue weighted by atomic mass is 9.95. The molecule has 0 bridgehead atoms. The predicted octanol–water partition coefficient (Wildman–Crippen LogP) is 5.08. The molecule has 30 heavy (non-hydrogen) atoms. The van der Waals surface area contributed by atoms with Crippen molar-refractivity contribution in [3.63, 3.8) is 0 Å². The molecule has 0 aliphatic carbocycles. The van der Waals surface area contributed by atoms with E-state index in [9.17, 15) is 21.6 Å². The summed E-state index contributed by atoms with van der Waals surface area (Å²) in [5.74, 6) is 0. The number of nitrogens with two attached hydrogens (primary N) is 1. The highest BCUT2D eigenvalue weighted by molar-refractivity contribution is 7.89. The molecular weight excluding hydrogens is 437 g/mol. The van der Waals surface area contributed by atoms with Gasteiger partial charge in [0.05, 0.1) is 22.7 Å². The van der Waals surface area contributed by atoms with Gasteiger partial charge >= 0.3 is 6.18 Å². The van der Waals surface area contributed by atoms with Crippen LogP contribution in [0.5, 0.6) is 0 Å². The molecule has 0 aliphatic rings. The molecule has 9 heteroatoms. The third-order valence-electron chi connectivity index (χ3n) is 4.53. The summed E-state index contributed by atoms with van der Waals surface area (Å²) in [6.45, 7) is 0. The average Bonchev–Trinajstić information content (AvgIpc) is 2.72. The second-order valence-corrected chi connectivity index (χ2v) is 8.68. The molecular formula is C21H18ClF3N2O2S. The van der Waals surface area contributed by atoms with Gasteiger partial charge in [-0.1, -0.05) is 72.3 Å². The maximum absolute atomic E-state index is 13.1. The van der Waals surface area contributed by atoms with E-state index in [0.717, 1.165) is 12.1 Å². The third kappa shape index (κ3) is 5.02. The van der Waals surface area contributed by atoms with Crippen molar-refractivity contribution in [1.82, 2.24) is 4.72 Å². The Balaban J connectivity index is 2.04. The summed E-state index contributed by atoms with van der Waals surface area (Å²) in [5, 5.41) is -0.324. The summed E-state index contributed by atoms with van der Waals surface area (Å²) in [6, 6.07) is 17.8. The Hall–Kier alpha value is -2.39. The predicted molar refractivity (Wildman–Crippen MR) is 109 cm³/mol. The Labute approximate surface area is 177 Å². The van der Waals surface area contributed by atoms with Gasteiger partial charge in [0, 0.05) is 0 Å². The zero-order valence-electron chi connectivity index (χ0n) is 15.5. The molecule has 3 aromatic rings. The van der Waals surface area contributed by atoms with Gasteiger partial charge < -0.3 is 5.73 Å². The molecule has 0 spiro atoms. The molecule has 0 radical (unpaired) electrons. The van der Waals surface area contributed by atoms with Gasteiger partial charge in [-0.05, 0) is 29.3 Å². The largest absolute Gasteiger partial charge is 0.416 e. The second kappa shape index (κ2) is 8.77. The minimum atomic E-state index is -4.71.